The molecule has 0 amide bonds. The monoisotopic (exact) mass is 261 g/mol. The molecule has 0 aromatic heterocycles. The summed E-state index contributed by atoms with van der Waals surface area (Å²) < 4.78 is 0. The van der Waals surface area contributed by atoms with E-state index in [1.54, 1.807) is 0 Å². The van der Waals surface area contributed by atoms with E-state index in [0.717, 1.165) is 19.4 Å². The van der Waals surface area contributed by atoms with Crippen LogP contribution in [-0.4, -0.2) is 17.3 Å². The second kappa shape index (κ2) is 7.06. The van der Waals surface area contributed by atoms with Gasteiger partial charge in [0.05, 0.1) is 6.10 Å². The van der Waals surface area contributed by atoms with Crippen LogP contribution in [0, 0.1) is 0 Å². The summed E-state index contributed by atoms with van der Waals surface area (Å²) in [4.78, 5) is 0. The van der Waals surface area contributed by atoms with Gasteiger partial charge in [0.1, 0.15) is 0 Å². The molecule has 0 saturated carbocycles. The maximum Gasteiger partial charge on any atom is 0.0690 e. The van der Waals surface area contributed by atoms with Gasteiger partial charge < -0.3 is 10.4 Å². The number of aryl methyl sites for hydroxylation is 2. The largest absolute Gasteiger partial charge is 0.392 e. The van der Waals surface area contributed by atoms with Gasteiger partial charge in [0.25, 0.3) is 0 Å². The minimum atomic E-state index is -0.234. The van der Waals surface area contributed by atoms with Gasteiger partial charge in [-0.25, -0.2) is 0 Å². The predicted molar refractivity (Wildman–Crippen MR) is 80.3 cm³/mol. The topological polar surface area (TPSA) is 32.3 Å². The Morgan fingerprint density at radius 2 is 1.84 bits per heavy atom. The van der Waals surface area contributed by atoms with E-state index < -0.39 is 0 Å². The molecule has 1 aromatic rings. The van der Waals surface area contributed by atoms with Crippen LogP contribution in [0.25, 0.3) is 0 Å². The number of hydrogen-bond donors (Lipinski definition) is 2. The van der Waals surface area contributed by atoms with Crippen LogP contribution >= 0.6 is 0 Å². The Hall–Kier alpha value is -0.860. The molecule has 0 fully saturated rings. The Bertz CT molecular complexity index is 402. The van der Waals surface area contributed by atoms with Gasteiger partial charge in [0, 0.05) is 12.6 Å². The molecule has 0 radical (unpaired) electrons. The van der Waals surface area contributed by atoms with E-state index in [-0.39, 0.29) is 12.1 Å². The molecule has 0 aliphatic heterocycles. The third-order valence-corrected chi connectivity index (χ3v) is 4.30. The third-order valence-electron chi connectivity index (χ3n) is 4.30. The van der Waals surface area contributed by atoms with Gasteiger partial charge in [-0.3, -0.25) is 0 Å². The lowest BCUT2D eigenvalue weighted by Crippen LogP contribution is -2.38. The van der Waals surface area contributed by atoms with Crippen LogP contribution in [0.4, 0.5) is 0 Å². The number of benzene rings is 1. The van der Waals surface area contributed by atoms with E-state index >= 15 is 0 Å². The van der Waals surface area contributed by atoms with Gasteiger partial charge in [-0.2, -0.15) is 0 Å². The molecule has 1 aromatic carbocycles. The van der Waals surface area contributed by atoms with Crippen LogP contribution in [0.3, 0.4) is 0 Å². The average molecular weight is 261 g/mol. The summed E-state index contributed by atoms with van der Waals surface area (Å²) >= 11 is 0. The maximum absolute atomic E-state index is 9.93. The Kier molecular flexibility index (Phi) is 5.41. The van der Waals surface area contributed by atoms with Crippen molar-refractivity contribution in [2.45, 2.75) is 71.1 Å². The quantitative estimate of drug-likeness (QED) is 0.824. The smallest absolute Gasteiger partial charge is 0.0690 e. The van der Waals surface area contributed by atoms with Gasteiger partial charge >= 0.3 is 0 Å². The zero-order chi connectivity index (χ0) is 13.7. The summed E-state index contributed by atoms with van der Waals surface area (Å²) in [5.41, 5.74) is 4.42. The summed E-state index contributed by atoms with van der Waals surface area (Å²) in [6, 6.07) is 7.10. The zero-order valence-corrected chi connectivity index (χ0v) is 12.3. The van der Waals surface area contributed by atoms with Crippen LogP contribution < -0.4 is 5.32 Å². The molecule has 2 unspecified atom stereocenters. The summed E-state index contributed by atoms with van der Waals surface area (Å²) in [6.45, 7) is 5.03. The highest BCUT2D eigenvalue weighted by atomic mass is 16.3. The van der Waals surface area contributed by atoms with Crippen molar-refractivity contribution in [1.82, 2.24) is 5.32 Å². The number of hydrogen-bond acceptors (Lipinski definition) is 2. The fourth-order valence-electron chi connectivity index (χ4n) is 2.98. The van der Waals surface area contributed by atoms with E-state index in [0.29, 0.717) is 0 Å². The average Bonchev–Trinajstić information content (AvgIpc) is 2.47. The van der Waals surface area contributed by atoms with E-state index in [9.17, 15) is 5.11 Å². The summed E-state index contributed by atoms with van der Waals surface area (Å²) in [5, 5.41) is 13.4. The molecular formula is C17H27NO. The van der Waals surface area contributed by atoms with Crippen LogP contribution in [0.2, 0.25) is 0 Å². The molecular weight excluding hydrogens is 234 g/mol. The molecule has 106 valence electrons. The van der Waals surface area contributed by atoms with Gasteiger partial charge in [-0.1, -0.05) is 32.0 Å². The highest BCUT2D eigenvalue weighted by Crippen LogP contribution is 2.22. The molecule has 0 saturated heterocycles. The lowest BCUT2D eigenvalue weighted by molar-refractivity contribution is 0.120. The molecule has 2 heteroatoms. The fourth-order valence-corrected chi connectivity index (χ4v) is 2.98. The van der Waals surface area contributed by atoms with Crippen molar-refractivity contribution in [2.24, 2.45) is 0 Å². The number of nitrogens with one attached hydrogen (secondary N) is 1. The lowest BCUT2D eigenvalue weighted by Gasteiger charge is -2.23. The second-order valence-electron chi connectivity index (χ2n) is 5.68. The molecule has 19 heavy (non-hydrogen) atoms. The Morgan fingerprint density at radius 3 is 2.53 bits per heavy atom. The van der Waals surface area contributed by atoms with Gasteiger partial charge in [-0.15, -0.1) is 0 Å². The van der Waals surface area contributed by atoms with Crippen molar-refractivity contribution in [1.29, 1.82) is 0 Å². The first-order valence-corrected chi connectivity index (χ1v) is 7.76. The summed E-state index contributed by atoms with van der Waals surface area (Å²) in [5.74, 6) is 0. The van der Waals surface area contributed by atoms with Gasteiger partial charge in [-0.05, 0) is 55.2 Å². The van der Waals surface area contributed by atoms with Gasteiger partial charge in [0.2, 0.25) is 0 Å². The van der Waals surface area contributed by atoms with Crippen LogP contribution in [0.1, 0.15) is 56.2 Å². The molecule has 2 N–H and O–H groups in total. The highest BCUT2D eigenvalue weighted by Gasteiger charge is 2.15. The number of fused-ring (bicyclic) bond motifs is 1. The van der Waals surface area contributed by atoms with Crippen LogP contribution in [-0.2, 0) is 19.4 Å². The van der Waals surface area contributed by atoms with Crippen molar-refractivity contribution in [3.63, 3.8) is 0 Å². The van der Waals surface area contributed by atoms with Crippen molar-refractivity contribution < 1.29 is 5.11 Å². The molecule has 2 nitrogen and oxygen atoms in total. The highest BCUT2D eigenvalue weighted by molar-refractivity contribution is 5.33. The molecule has 1 aliphatic carbocycles. The first kappa shape index (κ1) is 14.5. The lowest BCUT2D eigenvalue weighted by atomic mass is 9.90. The minimum Gasteiger partial charge on any atom is -0.392 e. The molecule has 2 atom stereocenters. The van der Waals surface area contributed by atoms with Crippen molar-refractivity contribution >= 4 is 0 Å². The molecule has 1 aliphatic rings. The standard InChI is InChI=1S/C17H27NO/c1-3-16(17(19)4-2)18-12-13-9-10-14-7-5-6-8-15(14)11-13/h9-11,16-19H,3-8,12H2,1-2H3. The summed E-state index contributed by atoms with van der Waals surface area (Å²) in [6.07, 6.45) is 6.70. The predicted octanol–water partition coefficient (Wildman–Crippen LogP) is 3.20. The number of rotatable bonds is 6. The third kappa shape index (κ3) is 3.80. The molecule has 0 heterocycles. The van der Waals surface area contributed by atoms with E-state index in [2.05, 4.69) is 30.4 Å². The van der Waals surface area contributed by atoms with Crippen molar-refractivity contribution in [3.05, 3.63) is 34.9 Å². The summed E-state index contributed by atoms with van der Waals surface area (Å²) in [7, 11) is 0. The first-order chi connectivity index (χ1) is 9.24. The van der Waals surface area contributed by atoms with Crippen molar-refractivity contribution in [3.8, 4) is 0 Å². The Balaban J connectivity index is 1.95. The van der Waals surface area contributed by atoms with Crippen molar-refractivity contribution in [2.75, 3.05) is 0 Å². The Morgan fingerprint density at radius 1 is 1.11 bits per heavy atom. The van der Waals surface area contributed by atoms with E-state index in [4.69, 9.17) is 0 Å². The SMILES string of the molecule is CCC(O)C(CC)NCc1ccc2c(c1)CCCC2. The fraction of sp³-hybridized carbons (Fsp3) is 0.647. The number of aliphatic hydroxyl groups is 1. The molecule has 0 spiro atoms. The second-order valence-corrected chi connectivity index (χ2v) is 5.68. The van der Waals surface area contributed by atoms with Crippen LogP contribution in [0.15, 0.2) is 18.2 Å². The minimum absolute atomic E-state index is 0.209. The maximum atomic E-state index is 9.93. The van der Waals surface area contributed by atoms with E-state index in [1.807, 2.05) is 6.92 Å². The van der Waals surface area contributed by atoms with Gasteiger partial charge in [0.15, 0.2) is 0 Å². The zero-order valence-electron chi connectivity index (χ0n) is 12.3. The molecule has 0 bridgehead atoms. The first-order valence-electron chi connectivity index (χ1n) is 7.76. The van der Waals surface area contributed by atoms with E-state index in [1.165, 1.54) is 42.4 Å². The molecule has 2 rings (SSSR count). The number of aliphatic hydroxyl groups excluding tert-OH is 1. The van der Waals surface area contributed by atoms with Crippen LogP contribution in [0.5, 0.6) is 0 Å². The Labute approximate surface area is 117 Å². The normalized spacial score (nSPS) is 17.8.